The van der Waals surface area contributed by atoms with E-state index in [0.717, 1.165) is 37.4 Å². The van der Waals surface area contributed by atoms with Crippen molar-refractivity contribution in [3.05, 3.63) is 28.8 Å². The molecular formula is C18H28ClN3O2. The van der Waals surface area contributed by atoms with Crippen LogP contribution in [-0.4, -0.2) is 54.5 Å². The number of halogens is 1. The van der Waals surface area contributed by atoms with Crippen LogP contribution in [0, 0.1) is 0 Å². The number of carbonyl (C=O) groups is 1. The molecule has 1 heterocycles. The van der Waals surface area contributed by atoms with Crippen LogP contribution in [-0.2, 0) is 11.3 Å². The molecule has 6 heteroatoms. The third-order valence-electron chi connectivity index (χ3n) is 4.55. The highest BCUT2D eigenvalue weighted by molar-refractivity contribution is 6.30. The molecule has 0 aromatic heterocycles. The molecule has 0 aliphatic carbocycles. The molecule has 1 fully saturated rings. The standard InChI is InChI=1S/C18H28ClN3O2/c1-4-7-18(2,20)17(23)22-10-8-21(9-11-22)13-14-12-15(19)5-6-16(14)24-3/h5-6,12H,4,7-11,13,20H2,1-3H3. The van der Waals surface area contributed by atoms with E-state index in [1.54, 1.807) is 7.11 Å². The Hall–Kier alpha value is -1.30. The maximum Gasteiger partial charge on any atom is 0.242 e. The number of nitrogens with zero attached hydrogens (tertiary/aromatic N) is 2. The molecule has 1 aliphatic heterocycles. The number of hydrogen-bond acceptors (Lipinski definition) is 4. The van der Waals surface area contributed by atoms with Gasteiger partial charge in [-0.1, -0.05) is 24.9 Å². The first kappa shape index (κ1) is 19.0. The van der Waals surface area contributed by atoms with Gasteiger partial charge in [0.2, 0.25) is 5.91 Å². The zero-order chi connectivity index (χ0) is 17.7. The number of amides is 1. The molecule has 0 spiro atoms. The van der Waals surface area contributed by atoms with Crippen LogP contribution >= 0.6 is 11.6 Å². The topological polar surface area (TPSA) is 58.8 Å². The zero-order valence-corrected chi connectivity index (χ0v) is 15.6. The summed E-state index contributed by atoms with van der Waals surface area (Å²) in [6.07, 6.45) is 1.62. The molecule has 1 aromatic carbocycles. The lowest BCUT2D eigenvalue weighted by atomic mass is 9.95. The fraction of sp³-hybridized carbons (Fsp3) is 0.611. The number of hydrogen-bond donors (Lipinski definition) is 1. The Balaban J connectivity index is 1.94. The lowest BCUT2D eigenvalue weighted by molar-refractivity contribution is -0.138. The van der Waals surface area contributed by atoms with Crippen molar-refractivity contribution in [3.8, 4) is 5.75 Å². The Kier molecular flexibility index (Phi) is 6.49. The van der Waals surface area contributed by atoms with Crippen molar-refractivity contribution in [1.29, 1.82) is 0 Å². The maximum absolute atomic E-state index is 12.6. The van der Waals surface area contributed by atoms with Crippen LogP contribution in [0.1, 0.15) is 32.3 Å². The number of rotatable bonds is 6. The summed E-state index contributed by atoms with van der Waals surface area (Å²) in [6.45, 7) is 7.71. The quantitative estimate of drug-likeness (QED) is 0.853. The van der Waals surface area contributed by atoms with E-state index in [2.05, 4.69) is 11.8 Å². The van der Waals surface area contributed by atoms with Crippen LogP contribution < -0.4 is 10.5 Å². The summed E-state index contributed by atoms with van der Waals surface area (Å²) in [6, 6.07) is 5.66. The van der Waals surface area contributed by atoms with Crippen LogP contribution in [0.2, 0.25) is 5.02 Å². The predicted octanol–water partition coefficient (Wildman–Crippen LogP) is 2.51. The predicted molar refractivity (Wildman–Crippen MR) is 97.4 cm³/mol. The highest BCUT2D eigenvalue weighted by Crippen LogP contribution is 2.24. The highest BCUT2D eigenvalue weighted by Gasteiger charge is 2.33. The molecule has 0 saturated carbocycles. The van der Waals surface area contributed by atoms with E-state index in [4.69, 9.17) is 22.1 Å². The number of ether oxygens (including phenoxy) is 1. The summed E-state index contributed by atoms with van der Waals surface area (Å²) in [4.78, 5) is 16.8. The minimum absolute atomic E-state index is 0.0596. The van der Waals surface area contributed by atoms with Gasteiger partial charge >= 0.3 is 0 Å². The SMILES string of the molecule is CCCC(C)(N)C(=O)N1CCN(Cc2cc(Cl)ccc2OC)CC1. The average molecular weight is 354 g/mol. The zero-order valence-electron chi connectivity index (χ0n) is 14.8. The molecular weight excluding hydrogens is 326 g/mol. The number of methoxy groups -OCH3 is 1. The summed E-state index contributed by atoms with van der Waals surface area (Å²) in [5.41, 5.74) is 6.49. The van der Waals surface area contributed by atoms with Gasteiger partial charge < -0.3 is 15.4 Å². The summed E-state index contributed by atoms with van der Waals surface area (Å²) < 4.78 is 5.41. The Morgan fingerprint density at radius 2 is 2.00 bits per heavy atom. The monoisotopic (exact) mass is 353 g/mol. The highest BCUT2D eigenvalue weighted by atomic mass is 35.5. The maximum atomic E-state index is 12.6. The van der Waals surface area contributed by atoms with Gasteiger partial charge in [-0.3, -0.25) is 9.69 Å². The number of piperazine rings is 1. The van der Waals surface area contributed by atoms with E-state index in [1.807, 2.05) is 30.0 Å². The van der Waals surface area contributed by atoms with Gasteiger partial charge in [-0.05, 0) is 31.5 Å². The second-order valence-corrected chi connectivity index (χ2v) is 7.13. The summed E-state index contributed by atoms with van der Waals surface area (Å²) >= 11 is 6.10. The lowest BCUT2D eigenvalue weighted by Gasteiger charge is -2.38. The van der Waals surface area contributed by atoms with Gasteiger partial charge in [0.1, 0.15) is 5.75 Å². The van der Waals surface area contributed by atoms with E-state index >= 15 is 0 Å². The molecule has 2 N–H and O–H groups in total. The van der Waals surface area contributed by atoms with Gasteiger partial charge in [0.15, 0.2) is 0 Å². The van der Waals surface area contributed by atoms with E-state index < -0.39 is 5.54 Å². The number of benzene rings is 1. The van der Waals surface area contributed by atoms with Gasteiger partial charge in [-0.2, -0.15) is 0 Å². The third-order valence-corrected chi connectivity index (χ3v) is 4.79. The van der Waals surface area contributed by atoms with Crippen molar-refractivity contribution in [1.82, 2.24) is 9.80 Å². The van der Waals surface area contributed by atoms with E-state index in [9.17, 15) is 4.79 Å². The van der Waals surface area contributed by atoms with Gasteiger partial charge in [0, 0.05) is 43.3 Å². The van der Waals surface area contributed by atoms with E-state index in [0.29, 0.717) is 24.5 Å². The largest absolute Gasteiger partial charge is 0.496 e. The summed E-state index contributed by atoms with van der Waals surface area (Å²) in [5.74, 6) is 0.903. The Bertz CT molecular complexity index is 569. The van der Waals surface area contributed by atoms with Crippen molar-refractivity contribution >= 4 is 17.5 Å². The molecule has 1 unspecified atom stereocenters. The molecule has 24 heavy (non-hydrogen) atoms. The fourth-order valence-electron chi connectivity index (χ4n) is 3.21. The Morgan fingerprint density at radius 3 is 2.58 bits per heavy atom. The van der Waals surface area contributed by atoms with Crippen LogP contribution in [0.3, 0.4) is 0 Å². The third kappa shape index (κ3) is 4.62. The molecule has 1 aliphatic rings. The van der Waals surface area contributed by atoms with Crippen molar-refractivity contribution < 1.29 is 9.53 Å². The first-order valence-electron chi connectivity index (χ1n) is 8.50. The van der Waals surface area contributed by atoms with Crippen LogP contribution in [0.25, 0.3) is 0 Å². The average Bonchev–Trinajstić information content (AvgIpc) is 2.55. The van der Waals surface area contributed by atoms with E-state index in [1.165, 1.54) is 0 Å². The first-order valence-corrected chi connectivity index (χ1v) is 8.88. The van der Waals surface area contributed by atoms with Crippen LogP contribution in [0.4, 0.5) is 0 Å². The fourth-order valence-corrected chi connectivity index (χ4v) is 3.40. The van der Waals surface area contributed by atoms with E-state index in [-0.39, 0.29) is 5.91 Å². The van der Waals surface area contributed by atoms with Crippen molar-refractivity contribution in [2.45, 2.75) is 38.8 Å². The molecule has 5 nitrogen and oxygen atoms in total. The van der Waals surface area contributed by atoms with Gasteiger partial charge in [0.25, 0.3) is 0 Å². The minimum Gasteiger partial charge on any atom is -0.496 e. The van der Waals surface area contributed by atoms with Gasteiger partial charge in [0.05, 0.1) is 12.6 Å². The second-order valence-electron chi connectivity index (χ2n) is 6.69. The molecule has 134 valence electrons. The van der Waals surface area contributed by atoms with Crippen molar-refractivity contribution in [3.63, 3.8) is 0 Å². The summed E-state index contributed by atoms with van der Waals surface area (Å²) in [5, 5.41) is 0.707. The molecule has 1 saturated heterocycles. The molecule has 1 aromatic rings. The van der Waals surface area contributed by atoms with Gasteiger partial charge in [-0.15, -0.1) is 0 Å². The molecule has 0 bridgehead atoms. The second kappa shape index (κ2) is 8.19. The van der Waals surface area contributed by atoms with Crippen LogP contribution in [0.5, 0.6) is 5.75 Å². The normalized spacial score (nSPS) is 18.3. The molecule has 2 rings (SSSR count). The molecule has 1 amide bonds. The lowest BCUT2D eigenvalue weighted by Crippen LogP contribution is -2.58. The first-order chi connectivity index (χ1) is 11.4. The number of carbonyl (C=O) groups excluding carboxylic acids is 1. The Morgan fingerprint density at radius 1 is 1.33 bits per heavy atom. The Labute approximate surface area is 149 Å². The van der Waals surface area contributed by atoms with Crippen molar-refractivity contribution in [2.75, 3.05) is 33.3 Å². The smallest absolute Gasteiger partial charge is 0.242 e. The molecule has 0 radical (unpaired) electrons. The van der Waals surface area contributed by atoms with Crippen molar-refractivity contribution in [2.24, 2.45) is 5.73 Å². The van der Waals surface area contributed by atoms with Crippen LogP contribution in [0.15, 0.2) is 18.2 Å². The summed E-state index contributed by atoms with van der Waals surface area (Å²) in [7, 11) is 1.67. The van der Waals surface area contributed by atoms with Gasteiger partial charge in [-0.25, -0.2) is 0 Å². The number of nitrogens with two attached hydrogens (primary N) is 1. The minimum atomic E-state index is -0.757. The molecule has 1 atom stereocenters.